The van der Waals surface area contributed by atoms with Gasteiger partial charge in [-0.15, -0.1) is 0 Å². The first-order valence-corrected chi connectivity index (χ1v) is 10.2. The van der Waals surface area contributed by atoms with Crippen molar-refractivity contribution in [1.29, 1.82) is 0 Å². The van der Waals surface area contributed by atoms with Gasteiger partial charge in [-0.25, -0.2) is 0 Å². The van der Waals surface area contributed by atoms with Crippen LogP contribution in [-0.2, 0) is 27.4 Å². The van der Waals surface area contributed by atoms with Gasteiger partial charge in [0, 0.05) is 19.7 Å². The second-order valence-corrected chi connectivity index (χ2v) is 8.69. The van der Waals surface area contributed by atoms with Crippen LogP contribution in [0.25, 0.3) is 0 Å². The molecule has 0 radical (unpaired) electrons. The Hall–Kier alpha value is -2.93. The van der Waals surface area contributed by atoms with Crippen LogP contribution in [0.3, 0.4) is 0 Å². The van der Waals surface area contributed by atoms with Crippen molar-refractivity contribution < 1.29 is 18.8 Å². The number of carbonyl (C=O) groups excluding carboxylic acids is 2. The summed E-state index contributed by atoms with van der Waals surface area (Å²) in [6.45, 7) is 5.46. The molecule has 30 heavy (non-hydrogen) atoms. The number of amides is 2. The highest BCUT2D eigenvalue weighted by Crippen LogP contribution is 2.52. The number of carbonyl (C=O) groups is 2. The van der Waals surface area contributed by atoms with E-state index in [1.807, 2.05) is 17.1 Å². The standard InChI is InChI=1S/C23H25N3O4/c1-14-4-5-16(10-15(14)2)11-26-13-23-8-6-18(29-23)19(20(23)22(26)28)21(27)25(3)12-17-7-9-24-30-17/h4-10,18-20H,11-13H2,1-3H3/t18-,19-,20-,23-/m0/s1. The van der Waals surface area contributed by atoms with Gasteiger partial charge in [-0.2, -0.15) is 0 Å². The average Bonchev–Trinajstić information content (AvgIpc) is 3.47. The van der Waals surface area contributed by atoms with Crippen molar-refractivity contribution in [3.05, 3.63) is 65.1 Å². The molecule has 1 aromatic heterocycles. The molecule has 0 aliphatic carbocycles. The van der Waals surface area contributed by atoms with E-state index in [1.54, 1.807) is 24.2 Å². The summed E-state index contributed by atoms with van der Waals surface area (Å²) in [5, 5.41) is 3.69. The lowest BCUT2D eigenvalue weighted by Crippen LogP contribution is -2.44. The number of likely N-dealkylation sites (tertiary alicyclic amines) is 1. The van der Waals surface area contributed by atoms with Gasteiger partial charge in [0.2, 0.25) is 11.8 Å². The maximum Gasteiger partial charge on any atom is 0.230 e. The summed E-state index contributed by atoms with van der Waals surface area (Å²) in [6.07, 6.45) is 5.12. The molecule has 7 nitrogen and oxygen atoms in total. The highest BCUT2D eigenvalue weighted by Gasteiger charge is 2.67. The predicted octanol–water partition coefficient (Wildman–Crippen LogP) is 2.23. The molecule has 7 heteroatoms. The maximum absolute atomic E-state index is 13.4. The van der Waals surface area contributed by atoms with Crippen LogP contribution in [0.5, 0.6) is 0 Å². The topological polar surface area (TPSA) is 75.9 Å². The van der Waals surface area contributed by atoms with Crippen LogP contribution in [0, 0.1) is 25.7 Å². The van der Waals surface area contributed by atoms with Crippen LogP contribution in [-0.4, -0.2) is 52.1 Å². The van der Waals surface area contributed by atoms with Gasteiger partial charge in [-0.05, 0) is 30.5 Å². The van der Waals surface area contributed by atoms with Crippen LogP contribution in [0.1, 0.15) is 22.5 Å². The Morgan fingerprint density at radius 1 is 1.30 bits per heavy atom. The first-order chi connectivity index (χ1) is 14.4. The zero-order valence-electron chi connectivity index (χ0n) is 17.4. The molecule has 0 N–H and O–H groups in total. The van der Waals surface area contributed by atoms with Crippen LogP contribution in [0.2, 0.25) is 0 Å². The largest absolute Gasteiger partial charge is 0.360 e. The van der Waals surface area contributed by atoms with Gasteiger partial charge in [-0.1, -0.05) is 35.5 Å². The van der Waals surface area contributed by atoms with E-state index in [0.717, 1.165) is 5.56 Å². The maximum atomic E-state index is 13.4. The molecule has 4 atom stereocenters. The van der Waals surface area contributed by atoms with Crippen molar-refractivity contribution >= 4 is 11.8 Å². The van der Waals surface area contributed by atoms with Crippen molar-refractivity contribution in [1.82, 2.24) is 15.0 Å². The number of aryl methyl sites for hydroxylation is 2. The predicted molar refractivity (Wildman–Crippen MR) is 108 cm³/mol. The second-order valence-electron chi connectivity index (χ2n) is 8.69. The van der Waals surface area contributed by atoms with E-state index in [0.29, 0.717) is 25.4 Å². The number of aromatic nitrogens is 1. The summed E-state index contributed by atoms with van der Waals surface area (Å²) >= 11 is 0. The molecular formula is C23H25N3O4. The number of nitrogens with zero attached hydrogens (tertiary/aromatic N) is 3. The Morgan fingerprint density at radius 3 is 2.87 bits per heavy atom. The molecule has 2 amide bonds. The smallest absolute Gasteiger partial charge is 0.230 e. The zero-order valence-corrected chi connectivity index (χ0v) is 17.4. The molecule has 0 unspecified atom stereocenters. The fourth-order valence-electron chi connectivity index (χ4n) is 5.01. The van der Waals surface area contributed by atoms with E-state index in [4.69, 9.17) is 9.26 Å². The highest BCUT2D eigenvalue weighted by atomic mass is 16.5. The molecule has 1 aromatic carbocycles. The van der Waals surface area contributed by atoms with E-state index < -0.39 is 17.4 Å². The van der Waals surface area contributed by atoms with Crippen LogP contribution in [0.4, 0.5) is 0 Å². The molecular weight excluding hydrogens is 382 g/mol. The van der Waals surface area contributed by atoms with E-state index >= 15 is 0 Å². The minimum absolute atomic E-state index is 0.00788. The Bertz CT molecular complexity index is 1030. The molecule has 2 bridgehead atoms. The van der Waals surface area contributed by atoms with Crippen LogP contribution < -0.4 is 0 Å². The Labute approximate surface area is 175 Å². The summed E-state index contributed by atoms with van der Waals surface area (Å²) in [5.74, 6) is -0.501. The quantitative estimate of drug-likeness (QED) is 0.711. The van der Waals surface area contributed by atoms with Gasteiger partial charge in [0.05, 0.1) is 37.2 Å². The van der Waals surface area contributed by atoms with Gasteiger partial charge in [-0.3, -0.25) is 9.59 Å². The lowest BCUT2D eigenvalue weighted by Gasteiger charge is -2.27. The average molecular weight is 407 g/mol. The van der Waals surface area contributed by atoms with Crippen LogP contribution in [0.15, 0.2) is 47.1 Å². The van der Waals surface area contributed by atoms with Crippen molar-refractivity contribution in [2.24, 2.45) is 11.8 Å². The van der Waals surface area contributed by atoms with Crippen molar-refractivity contribution in [3.63, 3.8) is 0 Å². The summed E-state index contributed by atoms with van der Waals surface area (Å²) in [5.41, 5.74) is 2.82. The Balaban J connectivity index is 1.36. The third-order valence-corrected chi connectivity index (χ3v) is 6.67. The van der Waals surface area contributed by atoms with Gasteiger partial charge in [0.1, 0.15) is 5.60 Å². The molecule has 2 fully saturated rings. The number of ether oxygens (including phenoxy) is 1. The fourth-order valence-corrected chi connectivity index (χ4v) is 5.01. The molecule has 3 aliphatic rings. The number of hydrogen-bond donors (Lipinski definition) is 0. The summed E-state index contributed by atoms with van der Waals surface area (Å²) < 4.78 is 11.3. The number of hydrogen-bond acceptors (Lipinski definition) is 5. The van der Waals surface area contributed by atoms with E-state index in [2.05, 4.69) is 37.2 Å². The molecule has 2 aromatic rings. The van der Waals surface area contributed by atoms with Crippen LogP contribution >= 0.6 is 0 Å². The molecule has 4 heterocycles. The molecule has 5 rings (SSSR count). The molecule has 3 aliphatic heterocycles. The SMILES string of the molecule is Cc1ccc(CN2C[C@]34C=C[C@H](O3)[C@H](C(=O)N(C)Cc3ccno3)[C@H]4C2=O)cc1C. The monoisotopic (exact) mass is 407 g/mol. The van der Waals surface area contributed by atoms with Gasteiger partial charge < -0.3 is 19.1 Å². The number of rotatable bonds is 5. The van der Waals surface area contributed by atoms with Gasteiger partial charge >= 0.3 is 0 Å². The zero-order chi connectivity index (χ0) is 21.0. The summed E-state index contributed by atoms with van der Waals surface area (Å²) in [7, 11) is 1.72. The van der Waals surface area contributed by atoms with E-state index in [9.17, 15) is 9.59 Å². The van der Waals surface area contributed by atoms with Crippen molar-refractivity contribution in [3.8, 4) is 0 Å². The fraction of sp³-hybridized carbons (Fsp3) is 0.435. The third kappa shape index (κ3) is 2.88. The lowest BCUT2D eigenvalue weighted by atomic mass is 9.76. The highest BCUT2D eigenvalue weighted by molar-refractivity contribution is 5.93. The second kappa shape index (κ2) is 6.80. The number of fused-ring (bicyclic) bond motifs is 1. The first kappa shape index (κ1) is 19.1. The van der Waals surface area contributed by atoms with Gasteiger partial charge in [0.15, 0.2) is 5.76 Å². The minimum atomic E-state index is -0.700. The summed E-state index contributed by atoms with van der Waals surface area (Å²) in [4.78, 5) is 30.1. The summed E-state index contributed by atoms with van der Waals surface area (Å²) in [6, 6.07) is 7.99. The Kier molecular flexibility index (Phi) is 4.32. The van der Waals surface area contributed by atoms with Crippen molar-refractivity contribution in [2.45, 2.75) is 38.6 Å². The third-order valence-electron chi connectivity index (χ3n) is 6.67. The number of benzene rings is 1. The van der Waals surface area contributed by atoms with Gasteiger partial charge in [0.25, 0.3) is 0 Å². The van der Waals surface area contributed by atoms with E-state index in [1.165, 1.54) is 11.1 Å². The normalized spacial score (nSPS) is 29.0. The minimum Gasteiger partial charge on any atom is -0.360 e. The molecule has 156 valence electrons. The lowest BCUT2D eigenvalue weighted by molar-refractivity contribution is -0.143. The Morgan fingerprint density at radius 2 is 2.13 bits per heavy atom. The molecule has 2 saturated heterocycles. The van der Waals surface area contributed by atoms with Crippen molar-refractivity contribution in [2.75, 3.05) is 13.6 Å². The first-order valence-electron chi connectivity index (χ1n) is 10.2. The molecule has 1 spiro atoms. The van der Waals surface area contributed by atoms with E-state index in [-0.39, 0.29) is 17.9 Å². The molecule has 0 saturated carbocycles.